The molecule has 0 amide bonds. The number of ether oxygens (including phenoxy) is 1. The van der Waals surface area contributed by atoms with Crippen molar-refractivity contribution >= 4 is 23.1 Å². The second-order valence-corrected chi connectivity index (χ2v) is 7.27. The third-order valence-corrected chi connectivity index (χ3v) is 4.62. The number of anilines is 4. The minimum absolute atomic E-state index is 0.236. The Balaban J connectivity index is 1.57. The van der Waals surface area contributed by atoms with E-state index in [1.54, 1.807) is 6.20 Å². The van der Waals surface area contributed by atoms with Crippen molar-refractivity contribution in [2.75, 3.05) is 41.8 Å². The highest BCUT2D eigenvalue weighted by molar-refractivity contribution is 5.67. The molecule has 3 aromatic rings. The van der Waals surface area contributed by atoms with Crippen molar-refractivity contribution in [1.29, 1.82) is 0 Å². The van der Waals surface area contributed by atoms with Gasteiger partial charge >= 0.3 is 0 Å². The summed E-state index contributed by atoms with van der Waals surface area (Å²) in [6.07, 6.45) is 3.57. The number of nitrogens with zero attached hydrogens (tertiary/aromatic N) is 4. The monoisotopic (exact) mass is 390 g/mol. The fourth-order valence-corrected chi connectivity index (χ4v) is 3.22. The molecule has 29 heavy (non-hydrogen) atoms. The molecule has 0 aliphatic carbocycles. The molecule has 3 heterocycles. The van der Waals surface area contributed by atoms with Crippen LogP contribution in [0, 0.1) is 0 Å². The number of nitrogens with one attached hydrogen (secondary N) is 2. The molecule has 0 bridgehead atoms. The Morgan fingerprint density at radius 3 is 2.52 bits per heavy atom. The molecule has 0 atom stereocenters. The Kier molecular flexibility index (Phi) is 5.86. The summed E-state index contributed by atoms with van der Waals surface area (Å²) in [6.45, 7) is 7.55. The van der Waals surface area contributed by atoms with Crippen LogP contribution in [0.1, 0.15) is 13.8 Å². The lowest BCUT2D eigenvalue weighted by Crippen LogP contribution is -2.36. The van der Waals surface area contributed by atoms with Gasteiger partial charge in [-0.2, -0.15) is 4.98 Å². The van der Waals surface area contributed by atoms with Gasteiger partial charge in [-0.15, -0.1) is 0 Å². The molecule has 0 radical (unpaired) electrons. The summed E-state index contributed by atoms with van der Waals surface area (Å²) in [5.41, 5.74) is 3.96. The van der Waals surface area contributed by atoms with Crippen LogP contribution in [0.25, 0.3) is 11.3 Å². The predicted molar refractivity (Wildman–Crippen MR) is 117 cm³/mol. The molecule has 2 aromatic heterocycles. The first kappa shape index (κ1) is 19.1. The van der Waals surface area contributed by atoms with E-state index < -0.39 is 0 Å². The lowest BCUT2D eigenvalue weighted by molar-refractivity contribution is 0.122. The Hall–Kier alpha value is -3.19. The minimum atomic E-state index is 0.236. The van der Waals surface area contributed by atoms with Crippen molar-refractivity contribution in [3.63, 3.8) is 0 Å². The number of benzene rings is 1. The SMILES string of the molecule is CC(C)Nc1nc(Nc2ccc(N3CCOCC3)cc2)cc(-c2cccnc2)n1. The van der Waals surface area contributed by atoms with Gasteiger partial charge in [0.05, 0.1) is 18.9 Å². The molecule has 7 heteroatoms. The highest BCUT2D eigenvalue weighted by Crippen LogP contribution is 2.25. The van der Waals surface area contributed by atoms with Crippen LogP contribution in [0.2, 0.25) is 0 Å². The second-order valence-electron chi connectivity index (χ2n) is 7.27. The van der Waals surface area contributed by atoms with E-state index in [0.717, 1.165) is 49.1 Å². The van der Waals surface area contributed by atoms with Crippen molar-refractivity contribution in [1.82, 2.24) is 15.0 Å². The van der Waals surface area contributed by atoms with Gasteiger partial charge in [-0.1, -0.05) is 0 Å². The van der Waals surface area contributed by atoms with E-state index in [1.807, 2.05) is 24.4 Å². The van der Waals surface area contributed by atoms with Gasteiger partial charge in [0.1, 0.15) is 5.82 Å². The van der Waals surface area contributed by atoms with Gasteiger partial charge in [-0.25, -0.2) is 4.98 Å². The molecule has 1 fully saturated rings. The van der Waals surface area contributed by atoms with Crippen molar-refractivity contribution in [2.45, 2.75) is 19.9 Å². The van der Waals surface area contributed by atoms with Gasteiger partial charge in [0.25, 0.3) is 0 Å². The van der Waals surface area contributed by atoms with E-state index in [-0.39, 0.29) is 6.04 Å². The fourth-order valence-electron chi connectivity index (χ4n) is 3.22. The van der Waals surface area contributed by atoms with Crippen molar-refractivity contribution < 1.29 is 4.74 Å². The minimum Gasteiger partial charge on any atom is -0.378 e. The topological polar surface area (TPSA) is 75.2 Å². The summed E-state index contributed by atoms with van der Waals surface area (Å²) in [4.78, 5) is 15.8. The first-order valence-corrected chi connectivity index (χ1v) is 9.93. The molecule has 150 valence electrons. The number of pyridine rings is 1. The number of hydrogen-bond donors (Lipinski definition) is 2. The van der Waals surface area contributed by atoms with Crippen LogP contribution in [0.4, 0.5) is 23.1 Å². The van der Waals surface area contributed by atoms with Crippen LogP contribution in [0.15, 0.2) is 54.9 Å². The van der Waals surface area contributed by atoms with E-state index in [2.05, 4.69) is 68.6 Å². The summed E-state index contributed by atoms with van der Waals surface area (Å²) in [7, 11) is 0. The largest absolute Gasteiger partial charge is 0.378 e. The Morgan fingerprint density at radius 2 is 1.83 bits per heavy atom. The highest BCUT2D eigenvalue weighted by atomic mass is 16.5. The van der Waals surface area contributed by atoms with E-state index in [4.69, 9.17) is 4.74 Å². The maximum Gasteiger partial charge on any atom is 0.225 e. The van der Waals surface area contributed by atoms with Crippen molar-refractivity contribution in [3.8, 4) is 11.3 Å². The molecular formula is C22H26N6O. The van der Waals surface area contributed by atoms with Gasteiger partial charge in [-0.05, 0) is 50.2 Å². The molecule has 1 aromatic carbocycles. The third kappa shape index (κ3) is 5.00. The Labute approximate surface area is 171 Å². The molecule has 0 spiro atoms. The molecule has 1 aliphatic rings. The van der Waals surface area contributed by atoms with Crippen LogP contribution >= 0.6 is 0 Å². The van der Waals surface area contributed by atoms with Crippen molar-refractivity contribution in [3.05, 3.63) is 54.9 Å². The molecule has 4 rings (SSSR count). The average molecular weight is 390 g/mol. The molecular weight excluding hydrogens is 364 g/mol. The van der Waals surface area contributed by atoms with Gasteiger partial charge in [-0.3, -0.25) is 4.98 Å². The zero-order valence-corrected chi connectivity index (χ0v) is 16.8. The summed E-state index contributed by atoms with van der Waals surface area (Å²) in [5, 5.41) is 6.70. The number of hydrogen-bond acceptors (Lipinski definition) is 7. The summed E-state index contributed by atoms with van der Waals surface area (Å²) < 4.78 is 5.43. The van der Waals surface area contributed by atoms with E-state index in [1.165, 1.54) is 5.69 Å². The van der Waals surface area contributed by atoms with Crippen LogP contribution < -0.4 is 15.5 Å². The number of aromatic nitrogens is 3. The normalized spacial score (nSPS) is 14.1. The standard InChI is InChI=1S/C22H26N6O/c1-16(2)24-22-26-20(17-4-3-9-23-15-17)14-21(27-22)25-18-5-7-19(8-6-18)28-10-12-29-13-11-28/h3-9,14-16H,10-13H2,1-2H3,(H2,24,25,26,27). The zero-order valence-electron chi connectivity index (χ0n) is 16.8. The van der Waals surface area contributed by atoms with Crippen LogP contribution in [0.5, 0.6) is 0 Å². The maximum absolute atomic E-state index is 5.43. The van der Waals surface area contributed by atoms with Crippen LogP contribution in [-0.2, 0) is 4.74 Å². The summed E-state index contributed by atoms with van der Waals surface area (Å²) in [6, 6.07) is 14.5. The third-order valence-electron chi connectivity index (χ3n) is 4.62. The first-order chi connectivity index (χ1) is 14.2. The lowest BCUT2D eigenvalue weighted by Gasteiger charge is -2.28. The van der Waals surface area contributed by atoms with E-state index in [0.29, 0.717) is 5.95 Å². The molecule has 0 saturated carbocycles. The molecule has 0 unspecified atom stereocenters. The van der Waals surface area contributed by atoms with Crippen LogP contribution in [-0.4, -0.2) is 47.3 Å². The summed E-state index contributed by atoms with van der Waals surface area (Å²) >= 11 is 0. The van der Waals surface area contributed by atoms with Gasteiger partial charge in [0.2, 0.25) is 5.95 Å². The quantitative estimate of drug-likeness (QED) is 0.660. The Morgan fingerprint density at radius 1 is 1.03 bits per heavy atom. The summed E-state index contributed by atoms with van der Waals surface area (Å²) in [5.74, 6) is 1.33. The fraction of sp³-hybridized carbons (Fsp3) is 0.318. The number of morpholine rings is 1. The van der Waals surface area contributed by atoms with E-state index >= 15 is 0 Å². The zero-order chi connectivity index (χ0) is 20.1. The van der Waals surface area contributed by atoms with Gasteiger partial charge in [0, 0.05) is 54.5 Å². The van der Waals surface area contributed by atoms with Gasteiger partial charge < -0.3 is 20.3 Å². The Bertz CT molecular complexity index is 924. The van der Waals surface area contributed by atoms with E-state index in [9.17, 15) is 0 Å². The predicted octanol–water partition coefficient (Wildman–Crippen LogP) is 3.94. The van der Waals surface area contributed by atoms with Crippen molar-refractivity contribution in [2.24, 2.45) is 0 Å². The molecule has 2 N–H and O–H groups in total. The smallest absolute Gasteiger partial charge is 0.225 e. The second kappa shape index (κ2) is 8.87. The number of rotatable bonds is 6. The molecule has 1 aliphatic heterocycles. The first-order valence-electron chi connectivity index (χ1n) is 9.93. The molecule has 7 nitrogen and oxygen atoms in total. The van der Waals surface area contributed by atoms with Gasteiger partial charge in [0.15, 0.2) is 0 Å². The lowest BCUT2D eigenvalue weighted by atomic mass is 10.2. The molecule has 1 saturated heterocycles. The average Bonchev–Trinajstić information content (AvgIpc) is 2.75. The maximum atomic E-state index is 5.43. The van der Waals surface area contributed by atoms with Crippen LogP contribution in [0.3, 0.4) is 0 Å². The highest BCUT2D eigenvalue weighted by Gasteiger charge is 2.12.